The van der Waals surface area contributed by atoms with Crippen molar-refractivity contribution in [1.82, 2.24) is 20.4 Å². The number of nitrogens with zero attached hydrogens (tertiary/aromatic N) is 3. The lowest BCUT2D eigenvalue weighted by Crippen LogP contribution is -2.53. The third-order valence-corrected chi connectivity index (χ3v) is 4.94. The molecule has 0 spiro atoms. The standard InChI is InChI=1S/C22H29N5O4/c1-3-23-22(25-11-10-24-20(28)17-6-8-18(30-2)9-7-17)27-14-12-26(13-15-27)21(29)19-5-4-16-31-19/h4-9,16H,3,10-15H2,1-2H3,(H,23,25)(H,24,28). The van der Waals surface area contributed by atoms with Crippen molar-refractivity contribution in [1.29, 1.82) is 0 Å². The summed E-state index contributed by atoms with van der Waals surface area (Å²) in [6.45, 7) is 6.18. The van der Waals surface area contributed by atoms with E-state index in [1.807, 2.05) is 6.92 Å². The van der Waals surface area contributed by atoms with E-state index in [1.165, 1.54) is 6.26 Å². The van der Waals surface area contributed by atoms with Crippen LogP contribution in [0, 0.1) is 0 Å². The van der Waals surface area contributed by atoms with Gasteiger partial charge in [0.2, 0.25) is 0 Å². The number of guanidine groups is 1. The van der Waals surface area contributed by atoms with Gasteiger partial charge >= 0.3 is 0 Å². The van der Waals surface area contributed by atoms with Gasteiger partial charge in [0.05, 0.1) is 19.9 Å². The molecule has 166 valence electrons. The number of rotatable bonds is 7. The molecule has 1 aliphatic heterocycles. The Bertz CT molecular complexity index is 872. The molecule has 1 aromatic heterocycles. The van der Waals surface area contributed by atoms with Gasteiger partial charge in [-0.3, -0.25) is 14.6 Å². The molecule has 3 rings (SSSR count). The van der Waals surface area contributed by atoms with Crippen LogP contribution in [0.1, 0.15) is 27.8 Å². The number of hydrogen-bond donors (Lipinski definition) is 2. The molecule has 0 atom stereocenters. The Balaban J connectivity index is 1.47. The average molecular weight is 428 g/mol. The van der Waals surface area contributed by atoms with E-state index in [0.717, 1.165) is 12.5 Å². The number of ether oxygens (including phenoxy) is 1. The molecule has 9 nitrogen and oxygen atoms in total. The summed E-state index contributed by atoms with van der Waals surface area (Å²) < 4.78 is 10.3. The lowest BCUT2D eigenvalue weighted by molar-refractivity contribution is 0.0657. The highest BCUT2D eigenvalue weighted by Crippen LogP contribution is 2.11. The van der Waals surface area contributed by atoms with E-state index in [4.69, 9.17) is 9.15 Å². The van der Waals surface area contributed by atoms with E-state index in [9.17, 15) is 9.59 Å². The molecule has 1 saturated heterocycles. The van der Waals surface area contributed by atoms with Crippen LogP contribution in [0.25, 0.3) is 0 Å². The predicted octanol–water partition coefficient (Wildman–Crippen LogP) is 1.44. The molecule has 0 saturated carbocycles. The fourth-order valence-corrected chi connectivity index (χ4v) is 3.28. The van der Waals surface area contributed by atoms with E-state index in [1.54, 1.807) is 48.4 Å². The zero-order valence-electron chi connectivity index (χ0n) is 18.0. The molecule has 9 heteroatoms. The van der Waals surface area contributed by atoms with Gasteiger partial charge in [0, 0.05) is 44.8 Å². The largest absolute Gasteiger partial charge is 0.497 e. The normalized spacial score (nSPS) is 14.3. The Kier molecular flexibility index (Phi) is 7.91. The SMILES string of the molecule is CCNC(=NCCNC(=O)c1ccc(OC)cc1)N1CCN(C(=O)c2ccco2)CC1. The minimum absolute atomic E-state index is 0.0900. The maximum atomic E-state index is 12.4. The highest BCUT2D eigenvalue weighted by Gasteiger charge is 2.25. The first-order valence-corrected chi connectivity index (χ1v) is 10.4. The lowest BCUT2D eigenvalue weighted by Gasteiger charge is -2.36. The summed E-state index contributed by atoms with van der Waals surface area (Å²) in [5.74, 6) is 1.62. The number of carbonyl (C=O) groups excluding carboxylic acids is 2. The molecule has 1 aromatic carbocycles. The fraction of sp³-hybridized carbons (Fsp3) is 0.409. The van der Waals surface area contributed by atoms with Crippen LogP contribution >= 0.6 is 0 Å². The molecular formula is C22H29N5O4. The van der Waals surface area contributed by atoms with Crippen LogP contribution in [-0.2, 0) is 0 Å². The van der Waals surface area contributed by atoms with Crippen molar-refractivity contribution >= 4 is 17.8 Å². The summed E-state index contributed by atoms with van der Waals surface area (Å²) in [6.07, 6.45) is 1.51. The van der Waals surface area contributed by atoms with E-state index in [2.05, 4.69) is 20.5 Å². The molecule has 31 heavy (non-hydrogen) atoms. The number of benzene rings is 1. The second-order valence-electron chi connectivity index (χ2n) is 6.98. The smallest absolute Gasteiger partial charge is 0.289 e. The summed E-state index contributed by atoms with van der Waals surface area (Å²) in [7, 11) is 1.59. The molecular weight excluding hydrogens is 398 g/mol. The quantitative estimate of drug-likeness (QED) is 0.394. The van der Waals surface area contributed by atoms with Gasteiger partial charge in [-0.25, -0.2) is 0 Å². The third kappa shape index (κ3) is 6.00. The van der Waals surface area contributed by atoms with Crippen molar-refractivity contribution in [2.75, 3.05) is 52.9 Å². The number of methoxy groups -OCH3 is 1. The highest BCUT2D eigenvalue weighted by molar-refractivity contribution is 5.94. The van der Waals surface area contributed by atoms with Crippen LogP contribution in [0.4, 0.5) is 0 Å². The van der Waals surface area contributed by atoms with Gasteiger partial charge in [-0.05, 0) is 43.3 Å². The highest BCUT2D eigenvalue weighted by atomic mass is 16.5. The van der Waals surface area contributed by atoms with E-state index < -0.39 is 0 Å². The average Bonchev–Trinajstić information content (AvgIpc) is 3.35. The number of amides is 2. The fourth-order valence-electron chi connectivity index (χ4n) is 3.28. The molecule has 0 aliphatic carbocycles. The maximum absolute atomic E-state index is 12.4. The van der Waals surface area contributed by atoms with Gasteiger partial charge in [0.15, 0.2) is 11.7 Å². The van der Waals surface area contributed by atoms with Crippen molar-refractivity contribution in [2.45, 2.75) is 6.92 Å². The summed E-state index contributed by atoms with van der Waals surface area (Å²) in [4.78, 5) is 33.2. The Hall–Kier alpha value is -3.49. The summed E-state index contributed by atoms with van der Waals surface area (Å²) in [5.41, 5.74) is 0.578. The maximum Gasteiger partial charge on any atom is 0.289 e. The number of nitrogens with one attached hydrogen (secondary N) is 2. The minimum atomic E-state index is -0.145. The Morgan fingerprint density at radius 1 is 1.06 bits per heavy atom. The summed E-state index contributed by atoms with van der Waals surface area (Å²) in [5, 5.41) is 6.16. The molecule has 0 radical (unpaired) electrons. The topological polar surface area (TPSA) is 99.4 Å². The van der Waals surface area contributed by atoms with Gasteiger partial charge in [-0.2, -0.15) is 0 Å². The second kappa shape index (κ2) is 11.1. The molecule has 0 unspecified atom stereocenters. The van der Waals surface area contributed by atoms with Gasteiger partial charge in [0.1, 0.15) is 5.75 Å². The molecule has 1 aliphatic rings. The number of furan rings is 1. The monoisotopic (exact) mass is 427 g/mol. The van der Waals surface area contributed by atoms with Crippen LogP contribution in [0.3, 0.4) is 0 Å². The number of aliphatic imine (C=N–C) groups is 1. The zero-order valence-corrected chi connectivity index (χ0v) is 18.0. The molecule has 2 N–H and O–H groups in total. The van der Waals surface area contributed by atoms with E-state index in [0.29, 0.717) is 56.3 Å². The minimum Gasteiger partial charge on any atom is -0.497 e. The predicted molar refractivity (Wildman–Crippen MR) is 117 cm³/mol. The van der Waals surface area contributed by atoms with Crippen molar-refractivity contribution in [3.63, 3.8) is 0 Å². The van der Waals surface area contributed by atoms with Crippen LogP contribution in [0.2, 0.25) is 0 Å². The van der Waals surface area contributed by atoms with E-state index in [-0.39, 0.29) is 11.8 Å². The third-order valence-electron chi connectivity index (χ3n) is 4.94. The molecule has 1 fully saturated rings. The number of hydrogen-bond acceptors (Lipinski definition) is 5. The number of piperazine rings is 1. The summed E-state index contributed by atoms with van der Waals surface area (Å²) >= 11 is 0. The number of carbonyl (C=O) groups is 2. The molecule has 2 amide bonds. The van der Waals surface area contributed by atoms with Crippen LogP contribution in [0.5, 0.6) is 5.75 Å². The van der Waals surface area contributed by atoms with Gasteiger partial charge < -0.3 is 29.6 Å². The molecule has 0 bridgehead atoms. The van der Waals surface area contributed by atoms with Crippen molar-refractivity contribution in [3.8, 4) is 5.75 Å². The Labute approximate surface area is 182 Å². The second-order valence-corrected chi connectivity index (χ2v) is 6.98. The van der Waals surface area contributed by atoms with E-state index >= 15 is 0 Å². The summed E-state index contributed by atoms with van der Waals surface area (Å²) in [6, 6.07) is 10.4. The Morgan fingerprint density at radius 2 is 1.77 bits per heavy atom. The molecule has 2 aromatic rings. The first kappa shape index (κ1) is 22.2. The van der Waals surface area contributed by atoms with Crippen molar-refractivity contribution in [3.05, 3.63) is 54.0 Å². The van der Waals surface area contributed by atoms with Gasteiger partial charge in [0.25, 0.3) is 11.8 Å². The van der Waals surface area contributed by atoms with Crippen LogP contribution in [-0.4, -0.2) is 80.5 Å². The Morgan fingerprint density at radius 3 is 2.39 bits per heavy atom. The van der Waals surface area contributed by atoms with Crippen molar-refractivity contribution < 1.29 is 18.7 Å². The lowest BCUT2D eigenvalue weighted by atomic mass is 10.2. The van der Waals surface area contributed by atoms with Crippen molar-refractivity contribution in [2.24, 2.45) is 4.99 Å². The van der Waals surface area contributed by atoms with Crippen LogP contribution < -0.4 is 15.4 Å². The van der Waals surface area contributed by atoms with Gasteiger partial charge in [-0.15, -0.1) is 0 Å². The zero-order chi connectivity index (χ0) is 22.1. The van der Waals surface area contributed by atoms with Gasteiger partial charge in [-0.1, -0.05) is 0 Å². The first-order valence-electron chi connectivity index (χ1n) is 10.4. The first-order chi connectivity index (χ1) is 15.1. The molecule has 2 heterocycles. The van der Waals surface area contributed by atoms with Crippen LogP contribution in [0.15, 0.2) is 52.1 Å².